The van der Waals surface area contributed by atoms with Crippen molar-refractivity contribution < 1.29 is 28.4 Å². The first-order valence-corrected chi connectivity index (χ1v) is 9.17. The lowest BCUT2D eigenvalue weighted by Crippen LogP contribution is -1.97. The number of methoxy groups -OCH3 is 2. The van der Waals surface area contributed by atoms with E-state index in [4.69, 9.17) is 28.4 Å². The molecule has 4 rings (SSSR count). The zero-order chi connectivity index (χ0) is 19.7. The Morgan fingerprint density at radius 2 is 1.14 bits per heavy atom. The van der Waals surface area contributed by atoms with Gasteiger partial charge in [0.15, 0.2) is 23.0 Å². The molecule has 2 aliphatic rings. The number of fused-ring (bicyclic) bond motifs is 2. The topological polar surface area (TPSA) is 55.4 Å². The standard InChI is InChI=1S/C22H24O6/c1-13(5-15-7-17(23-3)21-19(9-15)25-11-27-21)14(2)6-16-8-18(24-4)22-20(10-16)26-12-28-22/h7-10H,5-6,11-12H2,1-4H3/b14-13-. The van der Waals surface area contributed by atoms with Crippen LogP contribution >= 0.6 is 0 Å². The number of benzene rings is 2. The molecule has 0 saturated carbocycles. The van der Waals surface area contributed by atoms with E-state index in [1.807, 2.05) is 24.3 Å². The Morgan fingerprint density at radius 1 is 0.714 bits per heavy atom. The van der Waals surface area contributed by atoms with Gasteiger partial charge in [0.2, 0.25) is 25.1 Å². The Bertz CT molecular complexity index is 856. The Hall–Kier alpha value is -3.02. The molecular formula is C22H24O6. The predicted octanol–water partition coefficient (Wildman–Crippen LogP) is 4.28. The molecule has 0 atom stereocenters. The molecule has 0 aromatic heterocycles. The molecule has 2 aromatic rings. The van der Waals surface area contributed by atoms with E-state index in [1.54, 1.807) is 14.2 Å². The highest BCUT2D eigenvalue weighted by Gasteiger charge is 2.21. The smallest absolute Gasteiger partial charge is 0.231 e. The molecule has 0 fully saturated rings. The van der Waals surface area contributed by atoms with Crippen LogP contribution in [0.5, 0.6) is 34.5 Å². The van der Waals surface area contributed by atoms with E-state index in [2.05, 4.69) is 13.8 Å². The lowest BCUT2D eigenvalue weighted by atomic mass is 9.96. The predicted molar refractivity (Wildman–Crippen MR) is 104 cm³/mol. The van der Waals surface area contributed by atoms with E-state index in [0.29, 0.717) is 23.0 Å². The minimum absolute atomic E-state index is 0.231. The molecule has 0 radical (unpaired) electrons. The summed E-state index contributed by atoms with van der Waals surface area (Å²) in [7, 11) is 3.28. The molecule has 148 valence electrons. The van der Waals surface area contributed by atoms with Gasteiger partial charge in [-0.2, -0.15) is 0 Å². The van der Waals surface area contributed by atoms with Gasteiger partial charge in [-0.1, -0.05) is 11.1 Å². The van der Waals surface area contributed by atoms with E-state index in [1.165, 1.54) is 11.1 Å². The van der Waals surface area contributed by atoms with Gasteiger partial charge in [0.1, 0.15) is 0 Å². The number of rotatable bonds is 6. The highest BCUT2D eigenvalue weighted by molar-refractivity contribution is 5.56. The van der Waals surface area contributed by atoms with E-state index in [9.17, 15) is 0 Å². The zero-order valence-electron chi connectivity index (χ0n) is 16.6. The molecule has 0 saturated heterocycles. The minimum atomic E-state index is 0.231. The van der Waals surface area contributed by atoms with Crippen molar-refractivity contribution in [3.8, 4) is 34.5 Å². The second kappa shape index (κ2) is 7.54. The number of hydrogen-bond donors (Lipinski definition) is 0. The molecule has 2 aromatic carbocycles. The molecule has 0 spiro atoms. The summed E-state index contributed by atoms with van der Waals surface area (Å²) in [6.07, 6.45) is 1.61. The summed E-state index contributed by atoms with van der Waals surface area (Å²) in [5.74, 6) is 4.24. The first-order valence-electron chi connectivity index (χ1n) is 9.17. The van der Waals surface area contributed by atoms with Crippen LogP contribution in [-0.4, -0.2) is 27.8 Å². The molecule has 0 unspecified atom stereocenters. The van der Waals surface area contributed by atoms with Crippen molar-refractivity contribution in [2.45, 2.75) is 26.7 Å². The molecule has 0 amide bonds. The number of hydrogen-bond acceptors (Lipinski definition) is 6. The maximum Gasteiger partial charge on any atom is 0.231 e. The number of ether oxygens (including phenoxy) is 6. The van der Waals surface area contributed by atoms with Gasteiger partial charge in [0.25, 0.3) is 0 Å². The van der Waals surface area contributed by atoms with Gasteiger partial charge in [0, 0.05) is 0 Å². The Kier molecular flexibility index (Phi) is 4.94. The fourth-order valence-electron chi connectivity index (χ4n) is 3.49. The van der Waals surface area contributed by atoms with Gasteiger partial charge in [-0.25, -0.2) is 0 Å². The highest BCUT2D eigenvalue weighted by atomic mass is 16.7. The van der Waals surface area contributed by atoms with Crippen molar-refractivity contribution in [3.63, 3.8) is 0 Å². The second-order valence-electron chi connectivity index (χ2n) is 6.98. The van der Waals surface area contributed by atoms with Crippen molar-refractivity contribution in [1.82, 2.24) is 0 Å². The van der Waals surface area contributed by atoms with Gasteiger partial charge in [-0.05, 0) is 62.1 Å². The molecule has 0 N–H and O–H groups in total. The monoisotopic (exact) mass is 384 g/mol. The summed E-state index contributed by atoms with van der Waals surface area (Å²) >= 11 is 0. The van der Waals surface area contributed by atoms with E-state index >= 15 is 0 Å². The largest absolute Gasteiger partial charge is 0.493 e. The van der Waals surface area contributed by atoms with Crippen molar-refractivity contribution in [3.05, 3.63) is 46.5 Å². The zero-order valence-corrected chi connectivity index (χ0v) is 16.6. The van der Waals surface area contributed by atoms with Gasteiger partial charge >= 0.3 is 0 Å². The molecule has 6 nitrogen and oxygen atoms in total. The maximum atomic E-state index is 5.53. The summed E-state index contributed by atoms with van der Waals surface area (Å²) in [5.41, 5.74) is 4.83. The van der Waals surface area contributed by atoms with Gasteiger partial charge in [-0.3, -0.25) is 0 Å². The van der Waals surface area contributed by atoms with Crippen LogP contribution in [0.4, 0.5) is 0 Å². The van der Waals surface area contributed by atoms with Crippen LogP contribution in [0.3, 0.4) is 0 Å². The first-order chi connectivity index (χ1) is 13.6. The third-order valence-corrected chi connectivity index (χ3v) is 5.10. The Labute approximate surface area is 164 Å². The quantitative estimate of drug-likeness (QED) is 0.693. The minimum Gasteiger partial charge on any atom is -0.493 e. The SMILES string of the molecule is COc1cc(C/C(C)=C(/C)Cc2cc(OC)c3c(c2)OCO3)cc2c1OCO2. The fourth-order valence-corrected chi connectivity index (χ4v) is 3.49. The average molecular weight is 384 g/mol. The summed E-state index contributed by atoms with van der Waals surface area (Å²) < 4.78 is 32.9. The van der Waals surface area contributed by atoms with Crippen LogP contribution in [-0.2, 0) is 12.8 Å². The van der Waals surface area contributed by atoms with E-state index < -0.39 is 0 Å². The second-order valence-corrected chi connectivity index (χ2v) is 6.98. The van der Waals surface area contributed by atoms with Gasteiger partial charge in [-0.15, -0.1) is 0 Å². The molecule has 2 heterocycles. The van der Waals surface area contributed by atoms with Crippen molar-refractivity contribution in [2.75, 3.05) is 27.8 Å². The summed E-state index contributed by atoms with van der Waals surface area (Å²) in [6.45, 7) is 4.76. The summed E-state index contributed by atoms with van der Waals surface area (Å²) in [6, 6.07) is 8.05. The third kappa shape index (κ3) is 3.42. The molecular weight excluding hydrogens is 360 g/mol. The van der Waals surface area contributed by atoms with Crippen molar-refractivity contribution in [1.29, 1.82) is 0 Å². The average Bonchev–Trinajstić information content (AvgIpc) is 3.35. The molecule has 6 heteroatoms. The lowest BCUT2D eigenvalue weighted by Gasteiger charge is -2.12. The first kappa shape index (κ1) is 18.3. The summed E-state index contributed by atoms with van der Waals surface area (Å²) in [5, 5.41) is 0. The lowest BCUT2D eigenvalue weighted by molar-refractivity contribution is 0.171. The van der Waals surface area contributed by atoms with Crippen LogP contribution in [0.15, 0.2) is 35.4 Å². The van der Waals surface area contributed by atoms with Crippen molar-refractivity contribution in [2.24, 2.45) is 0 Å². The van der Waals surface area contributed by atoms with Crippen LogP contribution in [0.1, 0.15) is 25.0 Å². The number of allylic oxidation sites excluding steroid dienone is 2. The normalized spacial score (nSPS) is 14.7. The summed E-state index contributed by atoms with van der Waals surface area (Å²) in [4.78, 5) is 0. The van der Waals surface area contributed by atoms with E-state index in [0.717, 1.165) is 35.5 Å². The van der Waals surface area contributed by atoms with E-state index in [-0.39, 0.29) is 13.6 Å². The van der Waals surface area contributed by atoms with Crippen LogP contribution in [0.2, 0.25) is 0 Å². The van der Waals surface area contributed by atoms with Gasteiger partial charge in [0.05, 0.1) is 14.2 Å². The Balaban J connectivity index is 1.55. The van der Waals surface area contributed by atoms with Gasteiger partial charge < -0.3 is 28.4 Å². The third-order valence-electron chi connectivity index (χ3n) is 5.10. The molecule has 0 bridgehead atoms. The Morgan fingerprint density at radius 3 is 1.54 bits per heavy atom. The fraction of sp³-hybridized carbons (Fsp3) is 0.364. The van der Waals surface area contributed by atoms with Crippen LogP contribution in [0.25, 0.3) is 0 Å². The molecule has 2 aliphatic heterocycles. The maximum absolute atomic E-state index is 5.53. The van der Waals surface area contributed by atoms with Crippen LogP contribution in [0, 0.1) is 0 Å². The molecule has 0 aliphatic carbocycles. The molecule has 28 heavy (non-hydrogen) atoms. The van der Waals surface area contributed by atoms with Crippen molar-refractivity contribution >= 4 is 0 Å². The van der Waals surface area contributed by atoms with Crippen LogP contribution < -0.4 is 28.4 Å². The highest BCUT2D eigenvalue weighted by Crippen LogP contribution is 2.43.